The van der Waals surface area contributed by atoms with Crippen LogP contribution < -0.4 is 10.3 Å². The van der Waals surface area contributed by atoms with E-state index in [1.165, 1.54) is 11.1 Å². The standard InChI is InChI=1S/C16H17N3O2S/c20-15-12-3-5-19(9-13(12)17-16(22)18-15)8-10-1-2-14-11(7-10)4-6-21-14/h1-2,7H,3-6,8-9H2,(H2,17,18,20,22). The number of ether oxygens (including phenoxy) is 1. The van der Waals surface area contributed by atoms with Crippen LogP contribution in [0.25, 0.3) is 0 Å². The quantitative estimate of drug-likeness (QED) is 0.831. The molecular formula is C16H17N3O2S. The molecule has 0 saturated carbocycles. The molecule has 1 aromatic heterocycles. The van der Waals surface area contributed by atoms with Crippen LogP contribution in [0, 0.1) is 4.77 Å². The lowest BCUT2D eigenvalue weighted by molar-refractivity contribution is 0.240. The second kappa shape index (κ2) is 5.37. The zero-order valence-electron chi connectivity index (χ0n) is 12.1. The summed E-state index contributed by atoms with van der Waals surface area (Å²) in [6.07, 6.45) is 1.75. The lowest BCUT2D eigenvalue weighted by atomic mass is 10.0. The van der Waals surface area contributed by atoms with Crippen molar-refractivity contribution in [1.82, 2.24) is 14.9 Å². The first kappa shape index (κ1) is 13.7. The summed E-state index contributed by atoms with van der Waals surface area (Å²) in [7, 11) is 0. The first-order chi connectivity index (χ1) is 10.7. The molecule has 0 unspecified atom stereocenters. The van der Waals surface area contributed by atoms with Gasteiger partial charge in [0, 0.05) is 37.3 Å². The number of nitrogens with zero attached hydrogens (tertiary/aromatic N) is 1. The summed E-state index contributed by atoms with van der Waals surface area (Å²) >= 11 is 5.06. The zero-order chi connectivity index (χ0) is 15.1. The molecule has 2 N–H and O–H groups in total. The molecule has 0 atom stereocenters. The van der Waals surface area contributed by atoms with Crippen LogP contribution in [0.4, 0.5) is 0 Å². The van der Waals surface area contributed by atoms with E-state index < -0.39 is 0 Å². The molecule has 0 saturated heterocycles. The highest BCUT2D eigenvalue weighted by atomic mass is 32.1. The van der Waals surface area contributed by atoms with Gasteiger partial charge in [-0.2, -0.15) is 0 Å². The summed E-state index contributed by atoms with van der Waals surface area (Å²) in [5.41, 5.74) is 4.33. The summed E-state index contributed by atoms with van der Waals surface area (Å²) in [6.45, 7) is 3.28. The third-order valence-electron chi connectivity index (χ3n) is 4.35. The number of aromatic amines is 2. The van der Waals surface area contributed by atoms with Crippen molar-refractivity contribution in [1.29, 1.82) is 0 Å². The summed E-state index contributed by atoms with van der Waals surface area (Å²) in [6, 6.07) is 6.42. The molecule has 0 bridgehead atoms. The van der Waals surface area contributed by atoms with E-state index >= 15 is 0 Å². The van der Waals surface area contributed by atoms with Gasteiger partial charge in [0.25, 0.3) is 5.56 Å². The van der Waals surface area contributed by atoms with Crippen LogP contribution in [0.15, 0.2) is 23.0 Å². The number of benzene rings is 1. The highest BCUT2D eigenvalue weighted by Gasteiger charge is 2.20. The fraction of sp³-hybridized carbons (Fsp3) is 0.375. The second-order valence-corrected chi connectivity index (χ2v) is 6.27. The highest BCUT2D eigenvalue weighted by molar-refractivity contribution is 7.71. The van der Waals surface area contributed by atoms with Gasteiger partial charge in [-0.1, -0.05) is 12.1 Å². The minimum Gasteiger partial charge on any atom is -0.493 e. The number of H-pyrrole nitrogens is 2. The van der Waals surface area contributed by atoms with Crippen molar-refractivity contribution in [3.63, 3.8) is 0 Å². The maximum Gasteiger partial charge on any atom is 0.255 e. The second-order valence-electron chi connectivity index (χ2n) is 5.87. The molecule has 2 aromatic rings. The van der Waals surface area contributed by atoms with Crippen LogP contribution in [-0.4, -0.2) is 28.0 Å². The van der Waals surface area contributed by atoms with Crippen molar-refractivity contribution in [2.45, 2.75) is 25.9 Å². The van der Waals surface area contributed by atoms with E-state index in [9.17, 15) is 4.79 Å². The van der Waals surface area contributed by atoms with E-state index in [0.717, 1.165) is 56.1 Å². The van der Waals surface area contributed by atoms with Gasteiger partial charge < -0.3 is 9.72 Å². The number of hydrogen-bond acceptors (Lipinski definition) is 4. The van der Waals surface area contributed by atoms with Crippen molar-refractivity contribution in [3.05, 3.63) is 55.7 Å². The third-order valence-corrected chi connectivity index (χ3v) is 4.55. The molecule has 0 spiro atoms. The Morgan fingerprint density at radius 1 is 1.27 bits per heavy atom. The fourth-order valence-corrected chi connectivity index (χ4v) is 3.48. The van der Waals surface area contributed by atoms with Gasteiger partial charge in [0.15, 0.2) is 4.77 Å². The average Bonchev–Trinajstić information content (AvgIpc) is 2.94. The van der Waals surface area contributed by atoms with Gasteiger partial charge in [-0.15, -0.1) is 0 Å². The molecule has 22 heavy (non-hydrogen) atoms. The Labute approximate surface area is 132 Å². The third kappa shape index (κ3) is 2.48. The largest absolute Gasteiger partial charge is 0.493 e. The van der Waals surface area contributed by atoms with Crippen LogP contribution >= 0.6 is 12.2 Å². The van der Waals surface area contributed by atoms with Crippen LogP contribution in [0.5, 0.6) is 5.75 Å². The minimum atomic E-state index is -0.0481. The highest BCUT2D eigenvalue weighted by Crippen LogP contribution is 2.27. The molecule has 2 aliphatic rings. The predicted molar refractivity (Wildman–Crippen MR) is 85.7 cm³/mol. The molecular weight excluding hydrogens is 298 g/mol. The number of nitrogens with one attached hydrogen (secondary N) is 2. The Balaban J connectivity index is 1.55. The van der Waals surface area contributed by atoms with E-state index in [1.54, 1.807) is 0 Å². The van der Waals surface area contributed by atoms with Crippen molar-refractivity contribution in [2.24, 2.45) is 0 Å². The fourth-order valence-electron chi connectivity index (χ4n) is 3.26. The Bertz CT molecular complexity index is 840. The van der Waals surface area contributed by atoms with Crippen LogP contribution in [0.1, 0.15) is 22.4 Å². The van der Waals surface area contributed by atoms with Crippen LogP contribution in [0.3, 0.4) is 0 Å². The molecule has 1 aromatic carbocycles. The summed E-state index contributed by atoms with van der Waals surface area (Å²) in [5.74, 6) is 1.02. The van der Waals surface area contributed by atoms with E-state index in [0.29, 0.717) is 4.77 Å². The molecule has 4 rings (SSSR count). The first-order valence-electron chi connectivity index (χ1n) is 7.50. The lowest BCUT2D eigenvalue weighted by Crippen LogP contribution is -2.34. The van der Waals surface area contributed by atoms with Gasteiger partial charge in [0.2, 0.25) is 0 Å². The zero-order valence-corrected chi connectivity index (χ0v) is 13.0. The monoisotopic (exact) mass is 315 g/mol. The van der Waals surface area contributed by atoms with Crippen molar-refractivity contribution in [2.75, 3.05) is 13.2 Å². The van der Waals surface area contributed by atoms with Crippen molar-refractivity contribution < 1.29 is 4.74 Å². The van der Waals surface area contributed by atoms with E-state index in [1.807, 2.05) is 0 Å². The average molecular weight is 315 g/mol. The maximum absolute atomic E-state index is 11.9. The number of hydrogen-bond donors (Lipinski definition) is 2. The molecule has 6 heteroatoms. The topological polar surface area (TPSA) is 61.1 Å². The Kier molecular flexibility index (Phi) is 3.35. The molecule has 0 amide bonds. The normalized spacial score (nSPS) is 16.9. The number of rotatable bonds is 2. The molecule has 2 aliphatic heterocycles. The molecule has 5 nitrogen and oxygen atoms in total. The molecule has 3 heterocycles. The number of aromatic nitrogens is 2. The van der Waals surface area contributed by atoms with Gasteiger partial charge in [0.1, 0.15) is 5.75 Å². The summed E-state index contributed by atoms with van der Waals surface area (Å²) in [4.78, 5) is 20.0. The van der Waals surface area contributed by atoms with Crippen LogP contribution in [0.2, 0.25) is 0 Å². The van der Waals surface area contributed by atoms with E-state index in [4.69, 9.17) is 17.0 Å². The summed E-state index contributed by atoms with van der Waals surface area (Å²) < 4.78 is 5.95. The Morgan fingerprint density at radius 3 is 3.09 bits per heavy atom. The Morgan fingerprint density at radius 2 is 2.18 bits per heavy atom. The molecule has 0 aliphatic carbocycles. The minimum absolute atomic E-state index is 0.0481. The van der Waals surface area contributed by atoms with Gasteiger partial charge >= 0.3 is 0 Å². The van der Waals surface area contributed by atoms with Crippen molar-refractivity contribution >= 4 is 12.2 Å². The van der Waals surface area contributed by atoms with Crippen LogP contribution in [-0.2, 0) is 25.9 Å². The first-order valence-corrected chi connectivity index (χ1v) is 7.91. The smallest absolute Gasteiger partial charge is 0.255 e. The Hall–Kier alpha value is -1.92. The van der Waals surface area contributed by atoms with Gasteiger partial charge in [-0.3, -0.25) is 14.7 Å². The SMILES string of the molecule is O=c1[nH]c(=S)[nH]c2c1CCN(Cc1ccc3c(c1)CCO3)C2. The van der Waals surface area contributed by atoms with Gasteiger partial charge in [-0.25, -0.2) is 0 Å². The maximum atomic E-state index is 11.9. The number of fused-ring (bicyclic) bond motifs is 2. The summed E-state index contributed by atoms with van der Waals surface area (Å²) in [5, 5.41) is 0. The van der Waals surface area contributed by atoms with E-state index in [-0.39, 0.29) is 5.56 Å². The van der Waals surface area contributed by atoms with E-state index in [2.05, 4.69) is 33.1 Å². The molecule has 114 valence electrons. The van der Waals surface area contributed by atoms with Gasteiger partial charge in [0.05, 0.1) is 6.61 Å². The van der Waals surface area contributed by atoms with Gasteiger partial charge in [-0.05, 0) is 35.8 Å². The molecule has 0 radical (unpaired) electrons. The molecule has 0 fully saturated rings. The van der Waals surface area contributed by atoms with Crippen molar-refractivity contribution in [3.8, 4) is 5.75 Å². The predicted octanol–water partition coefficient (Wildman–Crippen LogP) is 1.93. The lowest BCUT2D eigenvalue weighted by Gasteiger charge is -2.27.